The SMILES string of the molecule is CNC(=O)c1cc(Oc2cccc(NC(=O)N3CCc4ccccc43)c2)ccn1. The lowest BCUT2D eigenvalue weighted by atomic mass is 10.2. The van der Waals surface area contributed by atoms with E-state index in [2.05, 4.69) is 15.6 Å². The van der Waals surface area contributed by atoms with Crippen LogP contribution in [-0.2, 0) is 6.42 Å². The van der Waals surface area contributed by atoms with Crippen molar-refractivity contribution in [2.75, 3.05) is 23.8 Å². The minimum absolute atomic E-state index is 0.182. The first-order valence-corrected chi connectivity index (χ1v) is 9.26. The Balaban J connectivity index is 1.47. The van der Waals surface area contributed by atoms with Crippen LogP contribution in [0.15, 0.2) is 66.9 Å². The molecule has 0 fully saturated rings. The van der Waals surface area contributed by atoms with Crippen molar-refractivity contribution < 1.29 is 14.3 Å². The molecule has 0 spiro atoms. The number of ether oxygens (including phenoxy) is 1. The Labute approximate surface area is 168 Å². The molecule has 0 saturated carbocycles. The van der Waals surface area contributed by atoms with E-state index < -0.39 is 0 Å². The molecule has 7 nitrogen and oxygen atoms in total. The molecule has 2 aromatic carbocycles. The molecule has 1 aromatic heterocycles. The van der Waals surface area contributed by atoms with Gasteiger partial charge in [-0.15, -0.1) is 0 Å². The van der Waals surface area contributed by atoms with E-state index in [4.69, 9.17) is 4.74 Å². The Morgan fingerprint density at radius 3 is 2.72 bits per heavy atom. The molecule has 0 aliphatic carbocycles. The third-order valence-corrected chi connectivity index (χ3v) is 4.64. The number of urea groups is 1. The highest BCUT2D eigenvalue weighted by Crippen LogP contribution is 2.29. The highest BCUT2D eigenvalue weighted by molar-refractivity contribution is 6.03. The summed E-state index contributed by atoms with van der Waals surface area (Å²) in [6, 6.07) is 18.1. The molecule has 7 heteroatoms. The van der Waals surface area contributed by atoms with Gasteiger partial charge in [0.25, 0.3) is 5.91 Å². The van der Waals surface area contributed by atoms with Crippen LogP contribution in [0.5, 0.6) is 11.5 Å². The fourth-order valence-corrected chi connectivity index (χ4v) is 3.24. The van der Waals surface area contributed by atoms with Gasteiger partial charge >= 0.3 is 6.03 Å². The van der Waals surface area contributed by atoms with Gasteiger partial charge in [0.1, 0.15) is 17.2 Å². The van der Waals surface area contributed by atoms with E-state index in [0.717, 1.165) is 12.1 Å². The Morgan fingerprint density at radius 2 is 1.86 bits per heavy atom. The largest absolute Gasteiger partial charge is 0.457 e. The molecule has 3 aromatic rings. The maximum absolute atomic E-state index is 12.7. The first kappa shape index (κ1) is 18.5. The van der Waals surface area contributed by atoms with Gasteiger partial charge in [-0.1, -0.05) is 24.3 Å². The molecular formula is C22H20N4O3. The molecule has 0 saturated heterocycles. The van der Waals surface area contributed by atoms with Gasteiger partial charge in [-0.05, 0) is 36.2 Å². The molecule has 0 atom stereocenters. The molecule has 0 bridgehead atoms. The number of hydrogen-bond donors (Lipinski definition) is 2. The number of nitrogens with one attached hydrogen (secondary N) is 2. The van der Waals surface area contributed by atoms with Crippen molar-refractivity contribution in [2.45, 2.75) is 6.42 Å². The summed E-state index contributed by atoms with van der Waals surface area (Å²) in [6.07, 6.45) is 2.36. The van der Waals surface area contributed by atoms with E-state index >= 15 is 0 Å². The minimum atomic E-state index is -0.289. The van der Waals surface area contributed by atoms with Crippen LogP contribution in [0.2, 0.25) is 0 Å². The molecule has 0 unspecified atom stereocenters. The van der Waals surface area contributed by atoms with E-state index in [1.807, 2.05) is 24.3 Å². The number of nitrogens with zero attached hydrogens (tertiary/aromatic N) is 2. The van der Waals surface area contributed by atoms with Crippen LogP contribution in [0.3, 0.4) is 0 Å². The van der Waals surface area contributed by atoms with Gasteiger partial charge in [0.05, 0.1) is 0 Å². The third-order valence-electron chi connectivity index (χ3n) is 4.64. The summed E-state index contributed by atoms with van der Waals surface area (Å²) in [5.74, 6) is 0.733. The molecule has 146 valence electrons. The summed E-state index contributed by atoms with van der Waals surface area (Å²) in [6.45, 7) is 0.653. The number of rotatable bonds is 4. The van der Waals surface area contributed by atoms with E-state index in [-0.39, 0.29) is 17.6 Å². The van der Waals surface area contributed by atoms with Crippen molar-refractivity contribution in [2.24, 2.45) is 0 Å². The van der Waals surface area contributed by atoms with Gasteiger partial charge in [0, 0.05) is 43.3 Å². The van der Waals surface area contributed by atoms with Crippen LogP contribution in [0.4, 0.5) is 16.2 Å². The molecule has 4 rings (SSSR count). The zero-order valence-corrected chi connectivity index (χ0v) is 15.9. The average molecular weight is 388 g/mol. The van der Waals surface area contributed by atoms with Gasteiger partial charge < -0.3 is 15.4 Å². The summed E-state index contributed by atoms with van der Waals surface area (Å²) < 4.78 is 5.83. The maximum atomic E-state index is 12.7. The van der Waals surface area contributed by atoms with Crippen LogP contribution in [0, 0.1) is 0 Å². The summed E-state index contributed by atoms with van der Waals surface area (Å²) >= 11 is 0. The number of amides is 3. The first-order chi connectivity index (χ1) is 14.1. The molecule has 3 amide bonds. The first-order valence-electron chi connectivity index (χ1n) is 9.26. The lowest BCUT2D eigenvalue weighted by Gasteiger charge is -2.18. The number of fused-ring (bicyclic) bond motifs is 1. The number of anilines is 2. The molecule has 0 radical (unpaired) electrons. The van der Waals surface area contributed by atoms with E-state index in [1.165, 1.54) is 11.8 Å². The fraction of sp³-hybridized carbons (Fsp3) is 0.136. The number of carbonyl (C=O) groups excluding carboxylic acids is 2. The van der Waals surface area contributed by atoms with Gasteiger partial charge in [0.15, 0.2) is 0 Å². The Hall–Kier alpha value is -3.87. The normalized spacial score (nSPS) is 12.2. The smallest absolute Gasteiger partial charge is 0.326 e. The summed E-state index contributed by atoms with van der Waals surface area (Å²) in [7, 11) is 1.54. The van der Waals surface area contributed by atoms with Gasteiger partial charge in [-0.25, -0.2) is 4.79 Å². The second-order valence-electron chi connectivity index (χ2n) is 6.55. The quantitative estimate of drug-likeness (QED) is 0.712. The summed E-state index contributed by atoms with van der Waals surface area (Å²) in [4.78, 5) is 30.2. The topological polar surface area (TPSA) is 83.6 Å². The van der Waals surface area contributed by atoms with Crippen molar-refractivity contribution in [3.8, 4) is 11.5 Å². The van der Waals surface area contributed by atoms with Gasteiger partial charge in [0.2, 0.25) is 0 Å². The Kier molecular flexibility index (Phi) is 5.11. The van der Waals surface area contributed by atoms with Crippen molar-refractivity contribution in [1.82, 2.24) is 10.3 Å². The van der Waals surface area contributed by atoms with Crippen LogP contribution in [0.25, 0.3) is 0 Å². The van der Waals surface area contributed by atoms with Gasteiger partial charge in [-0.3, -0.25) is 14.7 Å². The monoisotopic (exact) mass is 388 g/mol. The third kappa shape index (κ3) is 4.03. The second-order valence-corrected chi connectivity index (χ2v) is 6.55. The molecular weight excluding hydrogens is 368 g/mol. The van der Waals surface area contributed by atoms with Crippen LogP contribution >= 0.6 is 0 Å². The van der Waals surface area contributed by atoms with E-state index in [0.29, 0.717) is 23.7 Å². The fourth-order valence-electron chi connectivity index (χ4n) is 3.24. The van der Waals surface area contributed by atoms with Crippen molar-refractivity contribution in [1.29, 1.82) is 0 Å². The predicted molar refractivity (Wildman–Crippen MR) is 111 cm³/mol. The van der Waals surface area contributed by atoms with Crippen LogP contribution < -0.4 is 20.3 Å². The minimum Gasteiger partial charge on any atom is -0.457 e. The number of hydrogen-bond acceptors (Lipinski definition) is 4. The number of carbonyl (C=O) groups is 2. The van der Waals surface area contributed by atoms with Crippen molar-refractivity contribution in [3.63, 3.8) is 0 Å². The summed E-state index contributed by atoms with van der Waals surface area (Å²) in [5.41, 5.74) is 3.00. The highest BCUT2D eigenvalue weighted by Gasteiger charge is 2.24. The highest BCUT2D eigenvalue weighted by atomic mass is 16.5. The standard InChI is InChI=1S/C22H20N4O3/c1-23-21(27)19-14-18(9-11-24-19)29-17-7-4-6-16(13-17)25-22(28)26-12-10-15-5-2-3-8-20(15)26/h2-9,11,13-14H,10,12H2,1H3,(H,23,27)(H,25,28). The molecule has 1 aliphatic heterocycles. The van der Waals surface area contributed by atoms with E-state index in [9.17, 15) is 9.59 Å². The molecule has 29 heavy (non-hydrogen) atoms. The number of pyridine rings is 1. The van der Waals surface area contributed by atoms with Crippen LogP contribution in [-0.4, -0.2) is 30.5 Å². The molecule has 1 aliphatic rings. The van der Waals surface area contributed by atoms with Crippen molar-refractivity contribution >= 4 is 23.3 Å². The predicted octanol–water partition coefficient (Wildman–Crippen LogP) is 3.83. The number of para-hydroxylation sites is 1. The average Bonchev–Trinajstić information content (AvgIpc) is 3.18. The lowest BCUT2D eigenvalue weighted by Crippen LogP contribution is -2.33. The second kappa shape index (κ2) is 8.02. The van der Waals surface area contributed by atoms with Crippen LogP contribution in [0.1, 0.15) is 16.1 Å². The molecule has 2 N–H and O–H groups in total. The Morgan fingerprint density at radius 1 is 1.03 bits per heavy atom. The van der Waals surface area contributed by atoms with E-state index in [1.54, 1.807) is 48.3 Å². The van der Waals surface area contributed by atoms with Gasteiger partial charge in [-0.2, -0.15) is 0 Å². The number of aromatic nitrogens is 1. The maximum Gasteiger partial charge on any atom is 0.326 e. The van der Waals surface area contributed by atoms with Crippen molar-refractivity contribution in [3.05, 3.63) is 78.1 Å². The number of benzene rings is 2. The summed E-state index contributed by atoms with van der Waals surface area (Å²) in [5, 5.41) is 5.45. The Bertz CT molecular complexity index is 1070. The molecule has 2 heterocycles. The zero-order valence-electron chi connectivity index (χ0n) is 15.9. The lowest BCUT2D eigenvalue weighted by molar-refractivity contribution is 0.0958. The zero-order chi connectivity index (χ0) is 20.2.